The van der Waals surface area contributed by atoms with Crippen LogP contribution in [0.2, 0.25) is 0 Å². The number of nitrogens with zero attached hydrogens (tertiary/aromatic N) is 1. The average molecular weight is 355 g/mol. The van der Waals surface area contributed by atoms with E-state index in [-0.39, 0.29) is 10.6 Å². The molecule has 6 nitrogen and oxygen atoms in total. The second-order valence-corrected chi connectivity index (χ2v) is 9.89. The average Bonchev–Trinajstić information content (AvgIpc) is 2.78. The third-order valence-electron chi connectivity index (χ3n) is 4.16. The first-order valence-electron chi connectivity index (χ1n) is 7.06. The van der Waals surface area contributed by atoms with Crippen LogP contribution in [0.25, 0.3) is 10.8 Å². The van der Waals surface area contributed by atoms with Crippen LogP contribution < -0.4 is 0 Å². The van der Waals surface area contributed by atoms with E-state index in [1.54, 1.807) is 12.1 Å². The van der Waals surface area contributed by atoms with E-state index in [1.165, 1.54) is 13.1 Å². The van der Waals surface area contributed by atoms with Crippen LogP contribution in [0.3, 0.4) is 0 Å². The van der Waals surface area contributed by atoms with Crippen molar-refractivity contribution in [3.8, 4) is 0 Å². The normalized spacial score (nSPS) is 24.3. The first-order chi connectivity index (χ1) is 10.7. The predicted molar refractivity (Wildman–Crippen MR) is 87.3 cm³/mol. The zero-order valence-electron chi connectivity index (χ0n) is 12.5. The minimum Gasteiger partial charge on any atom is -0.390 e. The molecule has 0 unspecified atom stereocenters. The second-order valence-electron chi connectivity index (χ2n) is 5.74. The molecule has 0 radical (unpaired) electrons. The van der Waals surface area contributed by atoms with Crippen LogP contribution in [-0.2, 0) is 19.9 Å². The van der Waals surface area contributed by atoms with E-state index in [1.807, 2.05) is 24.3 Å². The number of hydrogen-bond acceptors (Lipinski definition) is 5. The third kappa shape index (κ3) is 2.99. The van der Waals surface area contributed by atoms with Crippen LogP contribution in [0.15, 0.2) is 47.4 Å². The third-order valence-corrected chi connectivity index (χ3v) is 7.74. The monoisotopic (exact) mass is 355 g/mol. The number of likely N-dealkylation sites (N-methyl/N-ethyl adjacent to an activating group) is 1. The van der Waals surface area contributed by atoms with Crippen molar-refractivity contribution in [2.24, 2.45) is 0 Å². The Morgan fingerprint density at radius 3 is 2.35 bits per heavy atom. The maximum absolute atomic E-state index is 12.7. The number of rotatable bonds is 3. The first-order valence-corrected chi connectivity index (χ1v) is 10.3. The Morgan fingerprint density at radius 1 is 1.09 bits per heavy atom. The Kier molecular flexibility index (Phi) is 3.96. The summed E-state index contributed by atoms with van der Waals surface area (Å²) in [5, 5.41) is 11.6. The van der Waals surface area contributed by atoms with Gasteiger partial charge in [0.1, 0.15) is 0 Å². The zero-order chi connectivity index (χ0) is 16.8. The van der Waals surface area contributed by atoms with E-state index >= 15 is 0 Å². The molecule has 8 heteroatoms. The summed E-state index contributed by atoms with van der Waals surface area (Å²) in [7, 11) is -6.01. The molecule has 1 fully saturated rings. The molecule has 1 aliphatic rings. The van der Waals surface area contributed by atoms with Gasteiger partial charge in [0, 0.05) is 7.05 Å². The topological polar surface area (TPSA) is 91.8 Å². The highest BCUT2D eigenvalue weighted by molar-refractivity contribution is 7.92. The van der Waals surface area contributed by atoms with Crippen molar-refractivity contribution in [2.75, 3.05) is 18.6 Å². The second kappa shape index (κ2) is 5.55. The molecule has 0 amide bonds. The smallest absolute Gasteiger partial charge is 0.243 e. The van der Waals surface area contributed by atoms with Crippen molar-refractivity contribution in [1.29, 1.82) is 0 Å². The number of fused-ring (bicyclic) bond motifs is 1. The Balaban J connectivity index is 1.99. The summed E-state index contributed by atoms with van der Waals surface area (Å²) in [5.41, 5.74) is 0. The van der Waals surface area contributed by atoms with Crippen LogP contribution >= 0.6 is 0 Å². The van der Waals surface area contributed by atoms with Crippen molar-refractivity contribution in [3.05, 3.63) is 42.5 Å². The van der Waals surface area contributed by atoms with E-state index in [2.05, 4.69) is 0 Å². The van der Waals surface area contributed by atoms with Crippen molar-refractivity contribution in [1.82, 2.24) is 4.31 Å². The molecule has 0 saturated carbocycles. The molecule has 1 saturated heterocycles. The largest absolute Gasteiger partial charge is 0.390 e. The van der Waals surface area contributed by atoms with Gasteiger partial charge >= 0.3 is 0 Å². The maximum Gasteiger partial charge on any atom is 0.243 e. The van der Waals surface area contributed by atoms with Crippen LogP contribution in [0.4, 0.5) is 0 Å². The number of aliphatic hydroxyl groups excluding tert-OH is 1. The van der Waals surface area contributed by atoms with Crippen molar-refractivity contribution >= 4 is 30.6 Å². The maximum atomic E-state index is 12.7. The SMILES string of the molecule is CN([C@H]1CS(=O)(=O)C[C@@H]1O)S(=O)(=O)c1ccc2ccccc2c1. The summed E-state index contributed by atoms with van der Waals surface area (Å²) in [4.78, 5) is 0.0789. The molecule has 0 aromatic heterocycles. The fourth-order valence-corrected chi connectivity index (χ4v) is 6.19. The molecule has 1 aliphatic heterocycles. The Hall–Kier alpha value is -1.48. The number of hydrogen-bond donors (Lipinski definition) is 1. The van der Waals surface area contributed by atoms with Crippen molar-refractivity contribution < 1.29 is 21.9 Å². The Bertz CT molecular complexity index is 953. The van der Waals surface area contributed by atoms with Crippen molar-refractivity contribution in [3.63, 3.8) is 0 Å². The molecular weight excluding hydrogens is 338 g/mol. The van der Waals surface area contributed by atoms with E-state index in [0.29, 0.717) is 0 Å². The lowest BCUT2D eigenvalue weighted by molar-refractivity contribution is 0.137. The first kappa shape index (κ1) is 16.4. The highest BCUT2D eigenvalue weighted by Crippen LogP contribution is 2.26. The summed E-state index contributed by atoms with van der Waals surface area (Å²) in [6, 6.07) is 11.2. The van der Waals surface area contributed by atoms with Gasteiger partial charge in [0.25, 0.3) is 0 Å². The Morgan fingerprint density at radius 2 is 1.74 bits per heavy atom. The molecule has 23 heavy (non-hydrogen) atoms. The zero-order valence-corrected chi connectivity index (χ0v) is 14.1. The van der Waals surface area contributed by atoms with E-state index < -0.39 is 37.8 Å². The molecule has 2 atom stereocenters. The minimum atomic E-state index is -3.89. The summed E-state index contributed by atoms with van der Waals surface area (Å²) in [6.45, 7) is 0. The van der Waals surface area contributed by atoms with Gasteiger partial charge in [0.15, 0.2) is 9.84 Å². The molecule has 124 valence electrons. The molecule has 0 bridgehead atoms. The lowest BCUT2D eigenvalue weighted by Gasteiger charge is -2.25. The standard InChI is InChI=1S/C15H17NO5S2/c1-16(14-9-22(18,19)10-15(14)17)23(20,21)13-7-6-11-4-2-3-5-12(11)8-13/h2-8,14-15,17H,9-10H2,1H3/t14-,15-/m0/s1. The number of sulfone groups is 1. The van der Waals surface area contributed by atoms with Crippen LogP contribution in [0.1, 0.15) is 0 Å². The van der Waals surface area contributed by atoms with E-state index in [9.17, 15) is 21.9 Å². The van der Waals surface area contributed by atoms with Crippen LogP contribution in [0, 0.1) is 0 Å². The molecule has 0 spiro atoms. The van der Waals surface area contributed by atoms with E-state index in [0.717, 1.165) is 15.1 Å². The Labute approximate surface area is 135 Å². The quantitative estimate of drug-likeness (QED) is 0.871. The minimum absolute atomic E-state index is 0.0789. The number of benzene rings is 2. The van der Waals surface area contributed by atoms with Gasteiger partial charge in [0.05, 0.1) is 28.5 Å². The van der Waals surface area contributed by atoms with Gasteiger partial charge in [-0.25, -0.2) is 16.8 Å². The summed E-state index contributed by atoms with van der Waals surface area (Å²) >= 11 is 0. The fraction of sp³-hybridized carbons (Fsp3) is 0.333. The van der Waals surface area contributed by atoms with Crippen LogP contribution in [-0.4, -0.2) is 56.9 Å². The predicted octanol–water partition coefficient (Wildman–Crippen LogP) is 0.618. The fourth-order valence-electron chi connectivity index (χ4n) is 2.83. The van der Waals surface area contributed by atoms with Gasteiger partial charge in [-0.15, -0.1) is 0 Å². The van der Waals surface area contributed by atoms with Crippen molar-refractivity contribution in [2.45, 2.75) is 17.0 Å². The highest BCUT2D eigenvalue weighted by Gasteiger charge is 2.42. The summed E-state index contributed by atoms with van der Waals surface area (Å²) in [6.07, 6.45) is -1.21. The lowest BCUT2D eigenvalue weighted by Crippen LogP contribution is -2.44. The van der Waals surface area contributed by atoms with Gasteiger partial charge in [-0.05, 0) is 22.9 Å². The molecule has 2 aromatic rings. The van der Waals surface area contributed by atoms with Gasteiger partial charge in [-0.1, -0.05) is 30.3 Å². The lowest BCUT2D eigenvalue weighted by atomic mass is 10.1. The summed E-state index contributed by atoms with van der Waals surface area (Å²) in [5.74, 6) is -0.771. The molecular formula is C15H17NO5S2. The van der Waals surface area contributed by atoms with Gasteiger partial charge in [0.2, 0.25) is 10.0 Å². The van der Waals surface area contributed by atoms with Gasteiger partial charge in [-0.2, -0.15) is 4.31 Å². The molecule has 2 aromatic carbocycles. The van der Waals surface area contributed by atoms with Crippen LogP contribution in [0.5, 0.6) is 0 Å². The number of aliphatic hydroxyl groups is 1. The molecule has 1 N–H and O–H groups in total. The number of sulfonamides is 1. The summed E-state index contributed by atoms with van der Waals surface area (Å²) < 4.78 is 49.7. The molecule has 3 rings (SSSR count). The van der Waals surface area contributed by atoms with E-state index in [4.69, 9.17) is 0 Å². The molecule has 0 aliphatic carbocycles. The molecule has 1 heterocycles. The highest BCUT2D eigenvalue weighted by atomic mass is 32.2. The van der Waals surface area contributed by atoms with Gasteiger partial charge in [-0.3, -0.25) is 0 Å². The van der Waals surface area contributed by atoms with Gasteiger partial charge < -0.3 is 5.11 Å².